The Morgan fingerprint density at radius 1 is 1.38 bits per heavy atom. The quantitative estimate of drug-likeness (QED) is 0.885. The first-order valence-electron chi connectivity index (χ1n) is 5.17. The normalized spacial score (nSPS) is 12.4. The Morgan fingerprint density at radius 3 is 2.44 bits per heavy atom. The van der Waals surface area contributed by atoms with Crippen molar-refractivity contribution in [2.45, 2.75) is 19.8 Å². The zero-order valence-electron chi connectivity index (χ0n) is 10.1. The van der Waals surface area contributed by atoms with E-state index in [1.165, 1.54) is 0 Å². The Kier molecular flexibility index (Phi) is 4.44. The number of hydrogen-bond donors (Lipinski definition) is 1. The fourth-order valence-corrected chi connectivity index (χ4v) is 1.91. The lowest BCUT2D eigenvalue weighted by molar-refractivity contribution is 0.394. The third-order valence-electron chi connectivity index (χ3n) is 2.76. The molecule has 0 saturated heterocycles. The van der Waals surface area contributed by atoms with E-state index in [0.717, 1.165) is 16.9 Å². The fraction of sp³-hybridized carbons (Fsp3) is 0.500. The predicted octanol–water partition coefficient (Wildman–Crippen LogP) is 2.73. The van der Waals surface area contributed by atoms with Crippen LogP contribution in [0.4, 0.5) is 0 Å². The largest absolute Gasteiger partial charge is 0.496 e. The van der Waals surface area contributed by atoms with Crippen LogP contribution in [0.5, 0.6) is 11.5 Å². The highest BCUT2D eigenvalue weighted by molar-refractivity contribution is 6.33. The molecule has 0 aromatic heterocycles. The third-order valence-corrected chi connectivity index (χ3v) is 3.21. The van der Waals surface area contributed by atoms with E-state index in [1.54, 1.807) is 14.2 Å². The molecule has 4 heteroatoms. The Bertz CT molecular complexity index is 380. The smallest absolute Gasteiger partial charge is 0.141 e. The summed E-state index contributed by atoms with van der Waals surface area (Å²) in [5, 5.41) is 0.595. The molecule has 1 aromatic rings. The van der Waals surface area contributed by atoms with E-state index in [1.807, 2.05) is 19.9 Å². The monoisotopic (exact) mass is 243 g/mol. The lowest BCUT2D eigenvalue weighted by Crippen LogP contribution is -2.11. The highest BCUT2D eigenvalue weighted by atomic mass is 35.5. The highest BCUT2D eigenvalue weighted by Gasteiger charge is 2.18. The van der Waals surface area contributed by atoms with Crippen molar-refractivity contribution in [3.63, 3.8) is 0 Å². The van der Waals surface area contributed by atoms with Crippen LogP contribution in [0, 0.1) is 6.92 Å². The standard InChI is InChI=1S/C12H18ClNO2/c1-7(6-14)9-5-10(15-3)8(2)11(13)12(9)16-4/h5,7H,6,14H2,1-4H3. The molecule has 2 N–H and O–H groups in total. The number of benzene rings is 1. The molecule has 0 radical (unpaired) electrons. The van der Waals surface area contributed by atoms with Crippen LogP contribution < -0.4 is 15.2 Å². The van der Waals surface area contributed by atoms with Gasteiger partial charge in [-0.05, 0) is 25.5 Å². The molecule has 0 saturated carbocycles. The minimum Gasteiger partial charge on any atom is -0.496 e. The molecule has 1 unspecified atom stereocenters. The van der Waals surface area contributed by atoms with Gasteiger partial charge in [-0.2, -0.15) is 0 Å². The highest BCUT2D eigenvalue weighted by Crippen LogP contribution is 2.40. The van der Waals surface area contributed by atoms with Crippen LogP contribution in [0.3, 0.4) is 0 Å². The number of methoxy groups -OCH3 is 2. The zero-order chi connectivity index (χ0) is 12.3. The molecular formula is C12H18ClNO2. The number of ether oxygens (including phenoxy) is 2. The maximum Gasteiger partial charge on any atom is 0.141 e. The first-order chi connectivity index (χ1) is 7.56. The Balaban J connectivity index is 3.40. The van der Waals surface area contributed by atoms with Gasteiger partial charge in [-0.1, -0.05) is 18.5 Å². The van der Waals surface area contributed by atoms with Crippen molar-refractivity contribution in [1.29, 1.82) is 0 Å². The number of rotatable bonds is 4. The van der Waals surface area contributed by atoms with Gasteiger partial charge in [-0.3, -0.25) is 0 Å². The lowest BCUT2D eigenvalue weighted by Gasteiger charge is -2.18. The average Bonchev–Trinajstić information content (AvgIpc) is 2.31. The van der Waals surface area contributed by atoms with E-state index in [2.05, 4.69) is 0 Å². The van der Waals surface area contributed by atoms with E-state index < -0.39 is 0 Å². The summed E-state index contributed by atoms with van der Waals surface area (Å²) in [6, 6.07) is 1.94. The van der Waals surface area contributed by atoms with Crippen molar-refractivity contribution in [2.24, 2.45) is 5.73 Å². The summed E-state index contributed by atoms with van der Waals surface area (Å²) in [7, 11) is 3.24. The van der Waals surface area contributed by atoms with Gasteiger partial charge in [0.1, 0.15) is 11.5 Å². The Labute approximate surface area is 101 Å². The minimum atomic E-state index is 0.182. The molecule has 16 heavy (non-hydrogen) atoms. The summed E-state index contributed by atoms with van der Waals surface area (Å²) >= 11 is 6.24. The maximum atomic E-state index is 6.24. The van der Waals surface area contributed by atoms with Crippen LogP contribution in [-0.4, -0.2) is 20.8 Å². The molecule has 1 rings (SSSR count). The maximum absolute atomic E-state index is 6.24. The van der Waals surface area contributed by atoms with Crippen LogP contribution in [0.2, 0.25) is 5.02 Å². The topological polar surface area (TPSA) is 44.5 Å². The molecular weight excluding hydrogens is 226 g/mol. The molecule has 0 aliphatic carbocycles. The van der Waals surface area contributed by atoms with Crippen molar-refractivity contribution < 1.29 is 9.47 Å². The molecule has 0 heterocycles. The summed E-state index contributed by atoms with van der Waals surface area (Å²) in [6.45, 7) is 4.47. The van der Waals surface area contributed by atoms with Crippen molar-refractivity contribution in [3.8, 4) is 11.5 Å². The van der Waals surface area contributed by atoms with Crippen LogP contribution in [0.1, 0.15) is 24.0 Å². The predicted molar refractivity (Wildman–Crippen MR) is 66.8 cm³/mol. The lowest BCUT2D eigenvalue weighted by atomic mass is 9.98. The van der Waals surface area contributed by atoms with E-state index in [9.17, 15) is 0 Å². The van der Waals surface area contributed by atoms with Crippen molar-refractivity contribution in [1.82, 2.24) is 0 Å². The van der Waals surface area contributed by atoms with Gasteiger partial charge in [-0.25, -0.2) is 0 Å². The van der Waals surface area contributed by atoms with Crippen LogP contribution in [0.25, 0.3) is 0 Å². The Hall–Kier alpha value is -0.930. The summed E-state index contributed by atoms with van der Waals surface area (Å²) in [5.74, 6) is 1.64. The van der Waals surface area contributed by atoms with Crippen LogP contribution >= 0.6 is 11.6 Å². The summed E-state index contributed by atoms with van der Waals surface area (Å²) in [4.78, 5) is 0. The first kappa shape index (κ1) is 13.1. The molecule has 3 nitrogen and oxygen atoms in total. The van der Waals surface area contributed by atoms with Gasteiger partial charge in [0.25, 0.3) is 0 Å². The number of halogens is 1. The van der Waals surface area contributed by atoms with Crippen LogP contribution in [0.15, 0.2) is 6.07 Å². The average molecular weight is 244 g/mol. The molecule has 1 atom stereocenters. The molecule has 0 spiro atoms. The molecule has 0 amide bonds. The second-order valence-corrected chi connectivity index (χ2v) is 4.15. The number of hydrogen-bond acceptors (Lipinski definition) is 3. The van der Waals surface area contributed by atoms with E-state index in [-0.39, 0.29) is 5.92 Å². The first-order valence-corrected chi connectivity index (χ1v) is 5.55. The van der Waals surface area contributed by atoms with E-state index in [0.29, 0.717) is 17.3 Å². The SMILES string of the molecule is COc1cc(C(C)CN)c(OC)c(Cl)c1C. The fourth-order valence-electron chi connectivity index (χ4n) is 1.63. The molecule has 1 aromatic carbocycles. The third kappa shape index (κ3) is 2.25. The van der Waals surface area contributed by atoms with E-state index in [4.69, 9.17) is 26.8 Å². The second kappa shape index (κ2) is 5.41. The number of nitrogens with two attached hydrogens (primary N) is 1. The Morgan fingerprint density at radius 2 is 2.00 bits per heavy atom. The van der Waals surface area contributed by atoms with Gasteiger partial charge < -0.3 is 15.2 Å². The minimum absolute atomic E-state index is 0.182. The zero-order valence-corrected chi connectivity index (χ0v) is 10.9. The van der Waals surface area contributed by atoms with Gasteiger partial charge in [0, 0.05) is 11.1 Å². The summed E-state index contributed by atoms with van der Waals surface area (Å²) < 4.78 is 10.6. The van der Waals surface area contributed by atoms with Crippen molar-refractivity contribution in [3.05, 3.63) is 22.2 Å². The molecule has 0 bridgehead atoms. The van der Waals surface area contributed by atoms with Crippen molar-refractivity contribution in [2.75, 3.05) is 20.8 Å². The van der Waals surface area contributed by atoms with Gasteiger partial charge in [0.05, 0.1) is 19.2 Å². The van der Waals surface area contributed by atoms with Gasteiger partial charge in [0.2, 0.25) is 0 Å². The van der Waals surface area contributed by atoms with Gasteiger partial charge in [0.15, 0.2) is 0 Å². The molecule has 90 valence electrons. The molecule has 0 aliphatic heterocycles. The van der Waals surface area contributed by atoms with Crippen LogP contribution in [-0.2, 0) is 0 Å². The summed E-state index contributed by atoms with van der Waals surface area (Å²) in [6.07, 6.45) is 0. The second-order valence-electron chi connectivity index (χ2n) is 3.78. The van der Waals surface area contributed by atoms with Gasteiger partial charge in [-0.15, -0.1) is 0 Å². The molecule has 0 aliphatic rings. The van der Waals surface area contributed by atoms with E-state index >= 15 is 0 Å². The van der Waals surface area contributed by atoms with Crippen molar-refractivity contribution >= 4 is 11.6 Å². The summed E-state index contributed by atoms with van der Waals surface area (Å²) in [5.41, 5.74) is 7.53. The van der Waals surface area contributed by atoms with Gasteiger partial charge >= 0.3 is 0 Å². The molecule has 0 fully saturated rings.